The molecule has 0 saturated heterocycles. The lowest BCUT2D eigenvalue weighted by Gasteiger charge is -1.99. The summed E-state index contributed by atoms with van der Waals surface area (Å²) in [6.45, 7) is 1.33. The fourth-order valence-electron chi connectivity index (χ4n) is 1.50. The number of carbonyl (C=O) groups is 1. The lowest BCUT2D eigenvalue weighted by molar-refractivity contribution is -0.114. The second kappa shape index (κ2) is 5.23. The van der Waals surface area contributed by atoms with Gasteiger partial charge >= 0.3 is 0 Å². The molecule has 0 saturated carbocycles. The fourth-order valence-corrected chi connectivity index (χ4v) is 1.50. The largest absolute Gasteiger partial charge is 0.497 e. The molecule has 0 aliphatic carbocycles. The van der Waals surface area contributed by atoms with Crippen molar-refractivity contribution in [2.75, 3.05) is 12.4 Å². The molecule has 1 amide bonds. The maximum absolute atomic E-state index is 11.0. The summed E-state index contributed by atoms with van der Waals surface area (Å²) >= 11 is 0. The van der Waals surface area contributed by atoms with Gasteiger partial charge in [-0.05, 0) is 24.3 Å². The number of amides is 1. The molecule has 0 bridgehead atoms. The number of nitrogens with zero attached hydrogens (tertiary/aromatic N) is 2. The molecule has 0 radical (unpaired) electrons. The van der Waals surface area contributed by atoms with Gasteiger partial charge in [0.25, 0.3) is 0 Å². The van der Waals surface area contributed by atoms with Gasteiger partial charge in [0.15, 0.2) is 0 Å². The van der Waals surface area contributed by atoms with Crippen LogP contribution >= 0.6 is 0 Å². The summed E-state index contributed by atoms with van der Waals surface area (Å²) < 4.78 is 10.4. The van der Waals surface area contributed by atoms with E-state index in [2.05, 4.69) is 10.3 Å². The molecular weight excluding hydrogens is 246 g/mol. The summed E-state index contributed by atoms with van der Waals surface area (Å²) in [4.78, 5) is 15.0. The minimum absolute atomic E-state index is 0.0426. The number of rotatable bonds is 3. The average molecular weight is 257 g/mol. The van der Waals surface area contributed by atoms with Crippen LogP contribution in [-0.4, -0.2) is 18.0 Å². The van der Waals surface area contributed by atoms with Crippen LogP contribution in [0.4, 0.5) is 5.88 Å². The van der Waals surface area contributed by atoms with Gasteiger partial charge in [-0.25, -0.2) is 0 Å². The summed E-state index contributed by atoms with van der Waals surface area (Å²) in [6.07, 6.45) is 0. The molecule has 96 valence electrons. The van der Waals surface area contributed by atoms with Crippen LogP contribution < -0.4 is 10.1 Å². The summed E-state index contributed by atoms with van der Waals surface area (Å²) in [5.41, 5.74) is 0.731. The number of benzene rings is 1. The summed E-state index contributed by atoms with van der Waals surface area (Å²) in [6, 6.07) is 8.88. The number of methoxy groups -OCH3 is 1. The highest BCUT2D eigenvalue weighted by molar-refractivity contribution is 5.88. The van der Waals surface area contributed by atoms with E-state index in [0.717, 1.165) is 0 Å². The van der Waals surface area contributed by atoms with Gasteiger partial charge < -0.3 is 9.15 Å². The Hall–Kier alpha value is -2.81. The third-order valence-electron chi connectivity index (χ3n) is 2.36. The topological polar surface area (TPSA) is 88.1 Å². The van der Waals surface area contributed by atoms with Crippen molar-refractivity contribution in [2.24, 2.45) is 0 Å². The predicted octanol–water partition coefficient (Wildman–Crippen LogP) is 2.18. The van der Waals surface area contributed by atoms with Crippen molar-refractivity contribution >= 4 is 11.8 Å². The number of oxazole rings is 1. The summed E-state index contributed by atoms with van der Waals surface area (Å²) in [5.74, 6) is 0.704. The molecule has 19 heavy (non-hydrogen) atoms. The molecule has 0 aliphatic heterocycles. The van der Waals surface area contributed by atoms with E-state index in [1.165, 1.54) is 6.92 Å². The van der Waals surface area contributed by atoms with Crippen molar-refractivity contribution in [3.63, 3.8) is 0 Å². The van der Waals surface area contributed by atoms with Gasteiger partial charge in [0.2, 0.25) is 23.4 Å². The highest BCUT2D eigenvalue weighted by Crippen LogP contribution is 2.26. The highest BCUT2D eigenvalue weighted by Gasteiger charge is 2.15. The van der Waals surface area contributed by atoms with Gasteiger partial charge in [0.1, 0.15) is 11.8 Å². The standard InChI is InChI=1S/C13H11N3O3/c1-8(17)15-13-11(7-14)16-12(19-13)9-3-5-10(18-2)6-4-9/h3-6H,1-2H3,(H,15,17). The molecule has 1 aromatic carbocycles. The zero-order chi connectivity index (χ0) is 13.8. The maximum Gasteiger partial charge on any atom is 0.239 e. The Bertz CT molecular complexity index is 638. The van der Waals surface area contributed by atoms with Gasteiger partial charge in [0.05, 0.1) is 7.11 Å². The molecule has 1 aromatic heterocycles. The number of hydrogen-bond acceptors (Lipinski definition) is 5. The average Bonchev–Trinajstić information content (AvgIpc) is 2.81. The van der Waals surface area contributed by atoms with E-state index in [9.17, 15) is 4.79 Å². The van der Waals surface area contributed by atoms with Crippen molar-refractivity contribution in [1.29, 1.82) is 5.26 Å². The Morgan fingerprint density at radius 3 is 2.63 bits per heavy atom. The normalized spacial score (nSPS) is 9.74. The Kier molecular flexibility index (Phi) is 3.48. The van der Waals surface area contributed by atoms with Crippen LogP contribution in [0.2, 0.25) is 0 Å². The molecule has 0 atom stereocenters. The second-order valence-corrected chi connectivity index (χ2v) is 3.72. The third-order valence-corrected chi connectivity index (χ3v) is 2.36. The van der Waals surface area contributed by atoms with Crippen LogP contribution in [0, 0.1) is 11.3 Å². The summed E-state index contributed by atoms with van der Waals surface area (Å²) in [5, 5.41) is 11.4. The molecule has 0 fully saturated rings. The molecule has 0 spiro atoms. The predicted molar refractivity (Wildman–Crippen MR) is 67.5 cm³/mol. The fraction of sp³-hybridized carbons (Fsp3) is 0.154. The monoisotopic (exact) mass is 257 g/mol. The van der Waals surface area contributed by atoms with Crippen molar-refractivity contribution < 1.29 is 13.9 Å². The molecule has 2 aromatic rings. The van der Waals surface area contributed by atoms with Crippen LogP contribution in [-0.2, 0) is 4.79 Å². The summed E-state index contributed by atoms with van der Waals surface area (Å²) in [7, 11) is 1.57. The number of nitriles is 1. The first-order valence-electron chi connectivity index (χ1n) is 5.47. The zero-order valence-electron chi connectivity index (χ0n) is 10.4. The number of ether oxygens (including phenoxy) is 1. The first-order chi connectivity index (χ1) is 9.13. The number of aromatic nitrogens is 1. The minimum Gasteiger partial charge on any atom is -0.497 e. The Morgan fingerprint density at radius 1 is 1.42 bits per heavy atom. The number of hydrogen-bond donors (Lipinski definition) is 1. The van der Waals surface area contributed by atoms with Crippen LogP contribution in [0.15, 0.2) is 28.7 Å². The number of anilines is 1. The SMILES string of the molecule is COc1ccc(-c2nc(C#N)c(NC(C)=O)o2)cc1. The van der Waals surface area contributed by atoms with Gasteiger partial charge in [-0.1, -0.05) is 0 Å². The van der Waals surface area contributed by atoms with Gasteiger partial charge in [-0.2, -0.15) is 10.2 Å². The molecule has 2 rings (SSSR count). The Balaban J connectivity index is 2.37. The molecule has 1 heterocycles. The van der Waals surface area contributed by atoms with E-state index >= 15 is 0 Å². The lowest BCUT2D eigenvalue weighted by atomic mass is 10.2. The van der Waals surface area contributed by atoms with Crippen LogP contribution in [0.1, 0.15) is 12.6 Å². The molecule has 1 N–H and O–H groups in total. The third kappa shape index (κ3) is 2.72. The van der Waals surface area contributed by atoms with E-state index in [1.807, 2.05) is 6.07 Å². The minimum atomic E-state index is -0.325. The molecular formula is C13H11N3O3. The van der Waals surface area contributed by atoms with E-state index < -0.39 is 0 Å². The van der Waals surface area contributed by atoms with Gasteiger partial charge in [-0.15, -0.1) is 0 Å². The van der Waals surface area contributed by atoms with Gasteiger partial charge in [-0.3, -0.25) is 10.1 Å². The smallest absolute Gasteiger partial charge is 0.239 e. The zero-order valence-corrected chi connectivity index (χ0v) is 10.4. The van der Waals surface area contributed by atoms with Crippen molar-refractivity contribution in [3.05, 3.63) is 30.0 Å². The molecule has 0 aliphatic rings. The lowest BCUT2D eigenvalue weighted by Crippen LogP contribution is -2.05. The van der Waals surface area contributed by atoms with Gasteiger partial charge in [0, 0.05) is 12.5 Å². The highest BCUT2D eigenvalue weighted by atomic mass is 16.5. The number of carbonyl (C=O) groups excluding carboxylic acids is 1. The van der Waals surface area contributed by atoms with E-state index in [0.29, 0.717) is 11.3 Å². The van der Waals surface area contributed by atoms with E-state index in [1.54, 1.807) is 31.4 Å². The quantitative estimate of drug-likeness (QED) is 0.910. The van der Waals surface area contributed by atoms with Crippen molar-refractivity contribution in [3.8, 4) is 23.3 Å². The molecule has 6 heteroatoms. The van der Waals surface area contributed by atoms with Crippen molar-refractivity contribution in [1.82, 2.24) is 4.98 Å². The van der Waals surface area contributed by atoms with Crippen LogP contribution in [0.3, 0.4) is 0 Å². The molecule has 0 unspecified atom stereocenters. The Labute approximate surface area is 109 Å². The van der Waals surface area contributed by atoms with E-state index in [4.69, 9.17) is 14.4 Å². The van der Waals surface area contributed by atoms with Crippen molar-refractivity contribution in [2.45, 2.75) is 6.92 Å². The second-order valence-electron chi connectivity index (χ2n) is 3.72. The van der Waals surface area contributed by atoms with E-state index in [-0.39, 0.29) is 23.4 Å². The maximum atomic E-state index is 11.0. The van der Waals surface area contributed by atoms with Crippen LogP contribution in [0.5, 0.6) is 5.75 Å². The van der Waals surface area contributed by atoms with Crippen LogP contribution in [0.25, 0.3) is 11.5 Å². The first-order valence-corrected chi connectivity index (χ1v) is 5.47. The molecule has 6 nitrogen and oxygen atoms in total. The Morgan fingerprint density at radius 2 is 2.11 bits per heavy atom. The first kappa shape index (κ1) is 12.6. The number of nitrogens with one attached hydrogen (secondary N) is 1.